The second-order valence-electron chi connectivity index (χ2n) is 7.54. The number of carbonyl (C=O) groups is 1. The van der Waals surface area contributed by atoms with Crippen molar-refractivity contribution in [3.8, 4) is 0 Å². The first-order chi connectivity index (χ1) is 13.3. The number of carbonyl (C=O) groups excluding carboxylic acids is 1. The molecule has 1 amide bonds. The monoisotopic (exact) mass is 410 g/mol. The topological polar surface area (TPSA) is 90.0 Å². The summed E-state index contributed by atoms with van der Waals surface area (Å²) in [6.07, 6.45) is 6.07. The van der Waals surface area contributed by atoms with Crippen LogP contribution in [0, 0.1) is 0 Å². The summed E-state index contributed by atoms with van der Waals surface area (Å²) in [6, 6.07) is 4.04. The maximum atomic E-state index is 12.3. The van der Waals surface area contributed by atoms with Crippen LogP contribution in [-0.2, 0) is 14.8 Å². The van der Waals surface area contributed by atoms with Crippen molar-refractivity contribution in [1.82, 2.24) is 19.4 Å². The highest BCUT2D eigenvalue weighted by Crippen LogP contribution is 2.19. The Morgan fingerprint density at radius 2 is 1.43 bits per heavy atom. The largest absolute Gasteiger partial charge is 0.355 e. The van der Waals surface area contributed by atoms with Gasteiger partial charge in [-0.25, -0.2) is 8.42 Å². The lowest BCUT2D eigenvalue weighted by Gasteiger charge is -2.35. The summed E-state index contributed by atoms with van der Waals surface area (Å²) in [5.74, 6) is 1.58. The van der Waals surface area contributed by atoms with Crippen LogP contribution >= 0.6 is 0 Å². The summed E-state index contributed by atoms with van der Waals surface area (Å²) in [7, 11) is -1.93. The van der Waals surface area contributed by atoms with Crippen LogP contribution in [0.4, 0.5) is 11.6 Å². The van der Waals surface area contributed by atoms with Gasteiger partial charge < -0.3 is 14.7 Å². The number of amides is 1. The Kier molecular flexibility index (Phi) is 6.71. The maximum absolute atomic E-state index is 12.3. The summed E-state index contributed by atoms with van der Waals surface area (Å²) >= 11 is 0. The van der Waals surface area contributed by atoms with Gasteiger partial charge in [0.1, 0.15) is 0 Å². The van der Waals surface area contributed by atoms with Crippen LogP contribution < -0.4 is 9.80 Å². The molecule has 3 rings (SSSR count). The van der Waals surface area contributed by atoms with Crippen LogP contribution in [0.2, 0.25) is 0 Å². The van der Waals surface area contributed by atoms with Gasteiger partial charge in [0.05, 0.1) is 12.8 Å². The standard InChI is InChI=1S/C18H30N6O3S/c1-21(28(2,26)27)15-18(25)24-13-11-23(12-14-24)17-8-7-16(19-20-17)22-9-5-3-4-6-10-22/h7-8H,3-6,9-15H2,1-2H3. The van der Waals surface area contributed by atoms with E-state index in [4.69, 9.17) is 0 Å². The van der Waals surface area contributed by atoms with Crippen molar-refractivity contribution in [2.45, 2.75) is 25.7 Å². The van der Waals surface area contributed by atoms with E-state index >= 15 is 0 Å². The Labute approximate surface area is 167 Å². The molecule has 0 atom stereocenters. The van der Waals surface area contributed by atoms with Gasteiger partial charge in [-0.05, 0) is 25.0 Å². The molecular weight excluding hydrogens is 380 g/mol. The van der Waals surface area contributed by atoms with Crippen LogP contribution in [0.25, 0.3) is 0 Å². The Morgan fingerprint density at radius 3 is 1.89 bits per heavy atom. The van der Waals surface area contributed by atoms with E-state index in [1.807, 2.05) is 12.1 Å². The predicted molar refractivity (Wildman–Crippen MR) is 109 cm³/mol. The van der Waals surface area contributed by atoms with Crippen LogP contribution in [0.1, 0.15) is 25.7 Å². The SMILES string of the molecule is CN(CC(=O)N1CCN(c2ccc(N3CCCCCC3)nn2)CC1)S(C)(=O)=O. The predicted octanol–water partition coefficient (Wildman–Crippen LogP) is 0.397. The van der Waals surface area contributed by atoms with Gasteiger partial charge in [-0.15, -0.1) is 10.2 Å². The molecule has 2 fully saturated rings. The summed E-state index contributed by atoms with van der Waals surface area (Å²) in [4.78, 5) is 18.4. The summed E-state index contributed by atoms with van der Waals surface area (Å²) in [6.45, 7) is 4.37. The second-order valence-corrected chi connectivity index (χ2v) is 9.63. The van der Waals surface area contributed by atoms with E-state index in [2.05, 4.69) is 20.0 Å². The van der Waals surface area contributed by atoms with E-state index in [0.29, 0.717) is 26.2 Å². The van der Waals surface area contributed by atoms with Crippen LogP contribution in [0.5, 0.6) is 0 Å². The molecule has 0 spiro atoms. The van der Waals surface area contributed by atoms with Crippen molar-refractivity contribution >= 4 is 27.6 Å². The number of aromatic nitrogens is 2. The normalized spacial score (nSPS) is 19.0. The highest BCUT2D eigenvalue weighted by molar-refractivity contribution is 7.88. The fraction of sp³-hybridized carbons (Fsp3) is 0.722. The van der Waals surface area contributed by atoms with E-state index in [1.165, 1.54) is 32.7 Å². The van der Waals surface area contributed by atoms with Gasteiger partial charge >= 0.3 is 0 Å². The third-order valence-corrected chi connectivity index (χ3v) is 6.71. The molecule has 10 heteroatoms. The van der Waals surface area contributed by atoms with Crippen LogP contribution in [-0.4, -0.2) is 92.8 Å². The number of nitrogens with zero attached hydrogens (tertiary/aromatic N) is 6. The number of likely N-dealkylation sites (N-methyl/N-ethyl adjacent to an activating group) is 1. The summed E-state index contributed by atoms with van der Waals surface area (Å²) in [5, 5.41) is 8.82. The lowest BCUT2D eigenvalue weighted by molar-refractivity contribution is -0.131. The van der Waals surface area contributed by atoms with Crippen molar-refractivity contribution in [2.24, 2.45) is 0 Å². The Hall–Kier alpha value is -1.94. The van der Waals surface area contributed by atoms with Crippen LogP contribution in [0.3, 0.4) is 0 Å². The average Bonchev–Trinajstić information content (AvgIpc) is 2.97. The van der Waals surface area contributed by atoms with Gasteiger partial charge in [0, 0.05) is 46.3 Å². The number of hydrogen-bond acceptors (Lipinski definition) is 7. The molecule has 28 heavy (non-hydrogen) atoms. The fourth-order valence-electron chi connectivity index (χ4n) is 3.55. The number of anilines is 2. The molecular formula is C18H30N6O3S. The van der Waals surface area contributed by atoms with Gasteiger partial charge in [-0.2, -0.15) is 4.31 Å². The van der Waals surface area contributed by atoms with Crippen molar-refractivity contribution < 1.29 is 13.2 Å². The smallest absolute Gasteiger partial charge is 0.238 e. The highest BCUT2D eigenvalue weighted by atomic mass is 32.2. The third-order valence-electron chi connectivity index (χ3n) is 5.45. The molecule has 2 aliphatic heterocycles. The number of rotatable bonds is 5. The molecule has 0 unspecified atom stereocenters. The van der Waals surface area contributed by atoms with Gasteiger partial charge in [-0.1, -0.05) is 12.8 Å². The van der Waals surface area contributed by atoms with E-state index < -0.39 is 10.0 Å². The first-order valence-electron chi connectivity index (χ1n) is 9.87. The summed E-state index contributed by atoms with van der Waals surface area (Å²) in [5.41, 5.74) is 0. The minimum absolute atomic E-state index is 0.122. The zero-order valence-corrected chi connectivity index (χ0v) is 17.6. The molecule has 1 aromatic rings. The van der Waals surface area contributed by atoms with Gasteiger partial charge in [0.25, 0.3) is 0 Å². The second kappa shape index (κ2) is 9.04. The van der Waals surface area contributed by atoms with Crippen molar-refractivity contribution in [3.05, 3.63) is 12.1 Å². The molecule has 0 saturated carbocycles. The molecule has 0 aliphatic carbocycles. The molecule has 0 bridgehead atoms. The zero-order valence-electron chi connectivity index (χ0n) is 16.7. The van der Waals surface area contributed by atoms with Gasteiger partial charge in [-0.3, -0.25) is 4.79 Å². The minimum atomic E-state index is -3.35. The minimum Gasteiger partial charge on any atom is -0.355 e. The Bertz CT molecular complexity index is 754. The molecule has 2 aliphatic rings. The highest BCUT2D eigenvalue weighted by Gasteiger charge is 2.25. The van der Waals surface area contributed by atoms with E-state index in [-0.39, 0.29) is 12.5 Å². The lowest BCUT2D eigenvalue weighted by atomic mass is 10.2. The average molecular weight is 411 g/mol. The lowest BCUT2D eigenvalue weighted by Crippen LogP contribution is -2.51. The van der Waals surface area contributed by atoms with E-state index in [0.717, 1.165) is 35.3 Å². The number of hydrogen-bond donors (Lipinski definition) is 0. The quantitative estimate of drug-likeness (QED) is 0.694. The van der Waals surface area contributed by atoms with Gasteiger partial charge in [0.15, 0.2) is 11.6 Å². The van der Waals surface area contributed by atoms with E-state index in [9.17, 15) is 13.2 Å². The molecule has 3 heterocycles. The van der Waals surface area contributed by atoms with Crippen molar-refractivity contribution in [2.75, 3.05) is 68.9 Å². The maximum Gasteiger partial charge on any atom is 0.238 e. The van der Waals surface area contributed by atoms with Crippen molar-refractivity contribution in [3.63, 3.8) is 0 Å². The first-order valence-corrected chi connectivity index (χ1v) is 11.7. The van der Waals surface area contributed by atoms with E-state index in [1.54, 1.807) is 4.90 Å². The Morgan fingerprint density at radius 1 is 0.929 bits per heavy atom. The molecule has 1 aromatic heterocycles. The molecule has 2 saturated heterocycles. The number of sulfonamides is 1. The molecule has 0 radical (unpaired) electrons. The van der Waals surface area contributed by atoms with Crippen LogP contribution in [0.15, 0.2) is 12.1 Å². The third kappa shape index (κ3) is 5.32. The molecule has 9 nitrogen and oxygen atoms in total. The fourth-order valence-corrected chi connectivity index (χ4v) is 3.89. The first kappa shape index (κ1) is 20.8. The Balaban J connectivity index is 1.52. The molecule has 0 N–H and O–H groups in total. The zero-order chi connectivity index (χ0) is 20.1. The molecule has 0 aromatic carbocycles. The van der Waals surface area contributed by atoms with Gasteiger partial charge in [0.2, 0.25) is 15.9 Å². The number of piperazine rings is 1. The molecule has 156 valence electrons. The summed E-state index contributed by atoms with van der Waals surface area (Å²) < 4.78 is 24.0. The van der Waals surface area contributed by atoms with Crippen molar-refractivity contribution in [1.29, 1.82) is 0 Å².